The molecule has 3 aromatic heterocycles. The van der Waals surface area contributed by atoms with Crippen molar-refractivity contribution < 1.29 is 49.8 Å². The summed E-state index contributed by atoms with van der Waals surface area (Å²) in [5.41, 5.74) is 5.32. The maximum absolute atomic E-state index is 11.4. The third-order valence-electron chi connectivity index (χ3n) is 13.9. The molecular weight excluding hydrogens is 1080 g/mol. The van der Waals surface area contributed by atoms with E-state index in [-0.39, 0.29) is 22.2 Å². The van der Waals surface area contributed by atoms with Gasteiger partial charge in [0.15, 0.2) is 34.5 Å². The Bertz CT molecular complexity index is 3830. The normalized spacial score (nSPS) is 11.3. The minimum atomic E-state index is -0.433. The van der Waals surface area contributed by atoms with Gasteiger partial charge >= 0.3 is 16.5 Å². The molecule has 2 aliphatic rings. The van der Waals surface area contributed by atoms with Crippen LogP contribution in [0.1, 0.15) is 130 Å². The number of hydrogen-bond donors (Lipinski definition) is 0. The molecule has 0 saturated carbocycles. The number of hydrogen-bond acceptors (Lipinski definition) is 14. The van der Waals surface area contributed by atoms with Crippen LogP contribution < -0.4 is 38.4 Å². The van der Waals surface area contributed by atoms with Gasteiger partial charge in [-0.1, -0.05) is 98.0 Å². The molecule has 18 heteroatoms. The van der Waals surface area contributed by atoms with E-state index >= 15 is 0 Å². The van der Waals surface area contributed by atoms with Gasteiger partial charge in [0.05, 0.1) is 67.9 Å². The van der Waals surface area contributed by atoms with Crippen molar-refractivity contribution in [3.05, 3.63) is 100 Å². The third kappa shape index (κ3) is 13.1. The van der Waals surface area contributed by atoms with Crippen molar-refractivity contribution in [1.29, 1.82) is 0 Å². The van der Waals surface area contributed by atoms with Crippen LogP contribution in [0.5, 0.6) is 34.5 Å². The van der Waals surface area contributed by atoms with Gasteiger partial charge in [0.25, 0.3) is 5.69 Å². The molecule has 0 N–H and O–H groups in total. The molecule has 8 bridgehead atoms. The Morgan fingerprint density at radius 2 is 0.683 bits per heavy atom. The van der Waals surface area contributed by atoms with E-state index in [1.807, 2.05) is 54.6 Å². The SMILES string of the molecule is CCCCOc1cc2c(cc1OCCCC)-c1nc-2nc2[n-]c(nc3nc(nc4[n-]c(n1)c1cc(OCCCC)c(OCCCC)cc41)-c1cc(OCCCC)c(OCCCC)cc1-3)c1cc(C#Cc3ccc([N+](=O)[O-])cc3)ccc21.[Ni+2]. The van der Waals surface area contributed by atoms with E-state index in [1.165, 1.54) is 12.1 Å². The molecule has 82 heavy (non-hydrogen) atoms. The number of fused-ring (bicyclic) bond motifs is 20. The van der Waals surface area contributed by atoms with Crippen LogP contribution in [0.15, 0.2) is 78.9 Å². The van der Waals surface area contributed by atoms with E-state index in [9.17, 15) is 10.1 Å². The quantitative estimate of drug-likeness (QED) is 0.0172. The Morgan fingerprint density at radius 1 is 0.390 bits per heavy atom. The van der Waals surface area contributed by atoms with Crippen molar-refractivity contribution in [1.82, 2.24) is 39.9 Å². The van der Waals surface area contributed by atoms with Gasteiger partial charge in [-0.15, -0.1) is 0 Å². The average molecular weight is 1150 g/mol. The minimum Gasteiger partial charge on any atom is -0.490 e. The summed E-state index contributed by atoms with van der Waals surface area (Å²) in [7, 11) is 0. The molecule has 0 radical (unpaired) electrons. The van der Waals surface area contributed by atoms with Crippen LogP contribution in [0.2, 0.25) is 0 Å². The Kier molecular flexibility index (Phi) is 19.5. The molecule has 8 aromatic rings. The molecule has 5 heterocycles. The Balaban J connectivity index is 0.00000810. The molecule has 5 aromatic carbocycles. The molecule has 10 rings (SSSR count). The first kappa shape index (κ1) is 58.4. The summed E-state index contributed by atoms with van der Waals surface area (Å²) < 4.78 is 38.9. The van der Waals surface area contributed by atoms with Gasteiger partial charge in [-0.2, -0.15) is 0 Å². The predicted molar refractivity (Wildman–Crippen MR) is 315 cm³/mol. The summed E-state index contributed by atoms with van der Waals surface area (Å²) in [6.45, 7) is 15.7. The molecule has 0 amide bonds. The second-order valence-electron chi connectivity index (χ2n) is 20.0. The number of nitro benzene ring substituents is 1. The molecule has 17 nitrogen and oxygen atoms in total. The van der Waals surface area contributed by atoms with E-state index in [0.29, 0.717) is 175 Å². The first-order valence-corrected chi connectivity index (χ1v) is 28.6. The third-order valence-corrected chi connectivity index (χ3v) is 13.9. The van der Waals surface area contributed by atoms with E-state index in [0.717, 1.165) is 77.0 Å². The minimum absolute atomic E-state index is 0. The van der Waals surface area contributed by atoms with Gasteiger partial charge in [-0.25, -0.2) is 9.97 Å². The van der Waals surface area contributed by atoms with E-state index < -0.39 is 4.92 Å². The number of ether oxygens (including phenoxy) is 6. The molecule has 0 atom stereocenters. The Hall–Kier alpha value is -8.29. The summed E-state index contributed by atoms with van der Waals surface area (Å²) in [6, 6.07) is 23.5. The average Bonchev–Trinajstić information content (AvgIpc) is 3.45. The van der Waals surface area contributed by atoms with Crippen LogP contribution in [0.3, 0.4) is 0 Å². The van der Waals surface area contributed by atoms with Crippen molar-refractivity contribution in [3.63, 3.8) is 0 Å². The molecule has 0 saturated heterocycles. The summed E-state index contributed by atoms with van der Waals surface area (Å²) in [5, 5.41) is 14.1. The molecule has 0 fully saturated rings. The summed E-state index contributed by atoms with van der Waals surface area (Å²) in [6.07, 6.45) is 10.9. The second kappa shape index (κ2) is 27.5. The maximum atomic E-state index is 11.4. The predicted octanol–water partition coefficient (Wildman–Crippen LogP) is 14.5. The van der Waals surface area contributed by atoms with Crippen LogP contribution in [0.25, 0.3) is 89.7 Å². The van der Waals surface area contributed by atoms with Crippen molar-refractivity contribution in [2.24, 2.45) is 0 Å². The van der Waals surface area contributed by atoms with Crippen LogP contribution in [0, 0.1) is 22.0 Å². The van der Waals surface area contributed by atoms with Crippen LogP contribution in [-0.4, -0.2) is 74.5 Å². The first-order valence-electron chi connectivity index (χ1n) is 28.6. The topological polar surface area (TPSA) is 204 Å². The zero-order valence-corrected chi connectivity index (χ0v) is 48.3. The molecule has 0 aliphatic carbocycles. The Morgan fingerprint density at radius 3 is 1.01 bits per heavy atom. The first-order chi connectivity index (χ1) is 39.7. The molecule has 426 valence electrons. The second-order valence-corrected chi connectivity index (χ2v) is 20.0. The summed E-state index contributed by atoms with van der Waals surface area (Å²) in [4.78, 5) is 53.1. The Labute approximate surface area is 487 Å². The molecule has 0 unspecified atom stereocenters. The summed E-state index contributed by atoms with van der Waals surface area (Å²) >= 11 is 0. The van der Waals surface area contributed by atoms with Crippen molar-refractivity contribution in [2.45, 2.75) is 119 Å². The van der Waals surface area contributed by atoms with Gasteiger partial charge in [0.1, 0.15) is 0 Å². The number of nitrogens with zero attached hydrogens (tertiary/aromatic N) is 9. The monoisotopic (exact) mass is 1150 g/mol. The van der Waals surface area contributed by atoms with Gasteiger partial charge in [0.2, 0.25) is 0 Å². The standard InChI is InChI=1S/C64H67N9O8.Ni/c1-7-13-27-76-51-34-45-46(35-52(51)77-28-14-8-2)61-68-59(45)66-57-43-26-23-41(20-19-40-21-24-42(25-22-40)73(74)75)33-44(43)58(65-57)67-60-47-36-53(78-29-15-9-3)54(79-30-16-10-4)37-48(47)62(69-60)71-64-50-39-56(81-32-18-12-6)55(80-31-17-11-5)38-49(50)63(70-61)72-64;/h21-26,33-39H,7-18,27-32H2,1-6H3;/q-2;+2. The fourth-order valence-electron chi connectivity index (χ4n) is 9.20. The van der Waals surface area contributed by atoms with Gasteiger partial charge in [-0.3, -0.25) is 10.1 Å². The van der Waals surface area contributed by atoms with Crippen LogP contribution in [-0.2, 0) is 16.5 Å². The van der Waals surface area contributed by atoms with E-state index in [2.05, 4.69) is 53.4 Å². The number of aromatic nitrogens is 8. The van der Waals surface area contributed by atoms with Gasteiger partial charge < -0.3 is 58.3 Å². The van der Waals surface area contributed by atoms with Crippen molar-refractivity contribution in [2.75, 3.05) is 39.6 Å². The fraction of sp³-hybridized carbons (Fsp3) is 0.375. The maximum Gasteiger partial charge on any atom is 2.00 e. The van der Waals surface area contributed by atoms with Crippen molar-refractivity contribution >= 4 is 49.8 Å². The number of nitro groups is 1. The van der Waals surface area contributed by atoms with Gasteiger partial charge in [0, 0.05) is 68.1 Å². The molecule has 0 spiro atoms. The largest absolute Gasteiger partial charge is 2.00 e. The zero-order chi connectivity index (χ0) is 56.2. The summed E-state index contributed by atoms with van der Waals surface area (Å²) in [5.74, 6) is 11.2. The van der Waals surface area contributed by atoms with Crippen molar-refractivity contribution in [3.8, 4) is 91.9 Å². The molecular formula is C64H67N9NiO8. The number of rotatable bonds is 25. The number of non-ortho nitro benzene ring substituents is 1. The fourth-order valence-corrected chi connectivity index (χ4v) is 9.20. The smallest absolute Gasteiger partial charge is 0.490 e. The van der Waals surface area contributed by atoms with Crippen LogP contribution in [0.4, 0.5) is 5.69 Å². The number of unbranched alkanes of at least 4 members (excludes halogenated alkanes) is 6. The molecule has 2 aliphatic heterocycles. The number of benzene rings is 5. The zero-order valence-electron chi connectivity index (χ0n) is 47.3. The van der Waals surface area contributed by atoms with E-state index in [1.54, 1.807) is 12.1 Å². The van der Waals surface area contributed by atoms with E-state index in [4.69, 9.17) is 68.3 Å². The van der Waals surface area contributed by atoms with Crippen LogP contribution >= 0.6 is 0 Å². The van der Waals surface area contributed by atoms with Gasteiger partial charge in [-0.05, 0) is 121 Å².